The van der Waals surface area contributed by atoms with Crippen LogP contribution in [0.15, 0.2) is 0 Å². The summed E-state index contributed by atoms with van der Waals surface area (Å²) in [7, 11) is 0. The van der Waals surface area contributed by atoms with Crippen molar-refractivity contribution < 1.29 is 9.53 Å². The van der Waals surface area contributed by atoms with Crippen molar-refractivity contribution in [2.45, 2.75) is 46.1 Å². The fourth-order valence-corrected chi connectivity index (χ4v) is 2.26. The molecule has 0 aromatic heterocycles. The summed E-state index contributed by atoms with van der Waals surface area (Å²) in [4.78, 5) is 11.5. The molecule has 0 bridgehead atoms. The lowest BCUT2D eigenvalue weighted by Gasteiger charge is -2.22. The zero-order valence-electron chi connectivity index (χ0n) is 11.5. The summed E-state index contributed by atoms with van der Waals surface area (Å²) < 4.78 is 5.22. The third-order valence-corrected chi connectivity index (χ3v) is 3.05. The van der Waals surface area contributed by atoms with E-state index in [1.165, 1.54) is 12.8 Å². The molecule has 0 saturated carbocycles. The predicted octanol–water partition coefficient (Wildman–Crippen LogP) is 2.15. The van der Waals surface area contributed by atoms with Crippen LogP contribution in [0, 0.1) is 11.8 Å². The van der Waals surface area contributed by atoms with Crippen LogP contribution in [0.1, 0.15) is 40.5 Å². The van der Waals surface area contributed by atoms with Gasteiger partial charge < -0.3 is 15.4 Å². The van der Waals surface area contributed by atoms with E-state index in [2.05, 4.69) is 17.6 Å². The predicted molar refractivity (Wildman–Crippen MR) is 69.0 cm³/mol. The highest BCUT2D eigenvalue weighted by Crippen LogP contribution is 2.21. The lowest BCUT2D eigenvalue weighted by atomic mass is 9.92. The Morgan fingerprint density at radius 3 is 2.59 bits per heavy atom. The molecule has 2 atom stereocenters. The maximum atomic E-state index is 11.5. The van der Waals surface area contributed by atoms with Crippen molar-refractivity contribution in [2.75, 3.05) is 19.6 Å². The van der Waals surface area contributed by atoms with Crippen molar-refractivity contribution in [3.8, 4) is 0 Å². The van der Waals surface area contributed by atoms with Gasteiger partial charge in [-0.3, -0.25) is 0 Å². The second-order valence-electron chi connectivity index (χ2n) is 5.85. The zero-order valence-corrected chi connectivity index (χ0v) is 11.5. The van der Waals surface area contributed by atoms with Gasteiger partial charge in [-0.15, -0.1) is 0 Å². The van der Waals surface area contributed by atoms with Gasteiger partial charge in [0.15, 0.2) is 0 Å². The maximum Gasteiger partial charge on any atom is 0.407 e. The second-order valence-corrected chi connectivity index (χ2v) is 5.85. The highest BCUT2D eigenvalue weighted by Gasteiger charge is 2.27. The highest BCUT2D eigenvalue weighted by molar-refractivity contribution is 5.67. The Balaban J connectivity index is 2.27. The largest absolute Gasteiger partial charge is 0.444 e. The number of alkyl carbamates (subject to hydrolysis) is 1. The summed E-state index contributed by atoms with van der Waals surface area (Å²) in [5, 5.41) is 6.26. The van der Waals surface area contributed by atoms with Crippen LogP contribution in [0.4, 0.5) is 4.79 Å². The minimum absolute atomic E-state index is 0.306. The number of carbonyl (C=O) groups is 1. The standard InChI is InChI=1S/C13H26N2O2/c1-5-6-10-7-14-8-11(10)9-15-12(16)17-13(2,3)4/h10-11,14H,5-9H2,1-4H3,(H,15,16). The summed E-state index contributed by atoms with van der Waals surface area (Å²) in [5.41, 5.74) is -0.416. The third-order valence-electron chi connectivity index (χ3n) is 3.05. The van der Waals surface area contributed by atoms with Gasteiger partial charge in [-0.05, 0) is 52.1 Å². The van der Waals surface area contributed by atoms with Crippen LogP contribution in [0.2, 0.25) is 0 Å². The van der Waals surface area contributed by atoms with E-state index in [0.717, 1.165) is 13.1 Å². The van der Waals surface area contributed by atoms with E-state index in [1.807, 2.05) is 20.8 Å². The molecule has 0 aromatic carbocycles. The van der Waals surface area contributed by atoms with Crippen molar-refractivity contribution in [1.29, 1.82) is 0 Å². The van der Waals surface area contributed by atoms with Crippen molar-refractivity contribution in [3.05, 3.63) is 0 Å². The molecule has 17 heavy (non-hydrogen) atoms. The van der Waals surface area contributed by atoms with Gasteiger partial charge in [0, 0.05) is 6.54 Å². The molecular weight excluding hydrogens is 216 g/mol. The smallest absolute Gasteiger partial charge is 0.407 e. The normalized spacial score (nSPS) is 24.7. The van der Waals surface area contributed by atoms with Gasteiger partial charge in [0.1, 0.15) is 5.60 Å². The van der Waals surface area contributed by atoms with E-state index in [-0.39, 0.29) is 6.09 Å². The first-order chi connectivity index (χ1) is 7.92. The Morgan fingerprint density at radius 2 is 2.00 bits per heavy atom. The van der Waals surface area contributed by atoms with E-state index in [9.17, 15) is 4.79 Å². The third kappa shape index (κ3) is 5.39. The van der Waals surface area contributed by atoms with E-state index >= 15 is 0 Å². The molecule has 1 amide bonds. The molecule has 1 fully saturated rings. The SMILES string of the molecule is CCCC1CNCC1CNC(=O)OC(C)(C)C. The molecule has 0 radical (unpaired) electrons. The quantitative estimate of drug-likeness (QED) is 0.794. The van der Waals surface area contributed by atoms with E-state index in [0.29, 0.717) is 18.4 Å². The van der Waals surface area contributed by atoms with Gasteiger partial charge >= 0.3 is 6.09 Å². The van der Waals surface area contributed by atoms with Crippen LogP contribution in [-0.2, 0) is 4.74 Å². The molecule has 1 heterocycles. The fraction of sp³-hybridized carbons (Fsp3) is 0.923. The Morgan fingerprint density at radius 1 is 1.35 bits per heavy atom. The number of hydrogen-bond donors (Lipinski definition) is 2. The zero-order chi connectivity index (χ0) is 12.9. The van der Waals surface area contributed by atoms with Gasteiger partial charge in [0.25, 0.3) is 0 Å². The van der Waals surface area contributed by atoms with Crippen LogP contribution >= 0.6 is 0 Å². The van der Waals surface area contributed by atoms with E-state index < -0.39 is 5.60 Å². The lowest BCUT2D eigenvalue weighted by molar-refractivity contribution is 0.0517. The fourth-order valence-electron chi connectivity index (χ4n) is 2.26. The van der Waals surface area contributed by atoms with Crippen LogP contribution in [0.3, 0.4) is 0 Å². The molecule has 0 aliphatic carbocycles. The van der Waals surface area contributed by atoms with Gasteiger partial charge in [0.05, 0.1) is 0 Å². The molecule has 0 aromatic rings. The molecule has 2 unspecified atom stereocenters. The molecule has 1 aliphatic heterocycles. The van der Waals surface area contributed by atoms with Crippen LogP contribution in [-0.4, -0.2) is 31.3 Å². The van der Waals surface area contributed by atoms with Crippen LogP contribution in [0.25, 0.3) is 0 Å². The number of amides is 1. The Hall–Kier alpha value is -0.770. The Kier molecular flexibility index (Phi) is 5.25. The average molecular weight is 242 g/mol. The monoisotopic (exact) mass is 242 g/mol. The van der Waals surface area contributed by atoms with E-state index in [4.69, 9.17) is 4.74 Å². The first-order valence-electron chi connectivity index (χ1n) is 6.60. The average Bonchev–Trinajstić information content (AvgIpc) is 2.60. The summed E-state index contributed by atoms with van der Waals surface area (Å²) >= 11 is 0. The van der Waals surface area contributed by atoms with Gasteiger partial charge in [-0.2, -0.15) is 0 Å². The van der Waals surface area contributed by atoms with Crippen LogP contribution in [0.5, 0.6) is 0 Å². The molecule has 4 heteroatoms. The molecule has 2 N–H and O–H groups in total. The van der Waals surface area contributed by atoms with E-state index in [1.54, 1.807) is 0 Å². The second kappa shape index (κ2) is 6.24. The highest BCUT2D eigenvalue weighted by atomic mass is 16.6. The molecule has 1 saturated heterocycles. The summed E-state index contributed by atoms with van der Waals surface area (Å²) in [6, 6.07) is 0. The van der Waals surface area contributed by atoms with Crippen molar-refractivity contribution >= 4 is 6.09 Å². The summed E-state index contributed by atoms with van der Waals surface area (Å²) in [6.45, 7) is 10.6. The molecular formula is C13H26N2O2. The number of rotatable bonds is 4. The van der Waals surface area contributed by atoms with Crippen LogP contribution < -0.4 is 10.6 Å². The first kappa shape index (κ1) is 14.3. The Bertz CT molecular complexity index is 248. The summed E-state index contributed by atoms with van der Waals surface area (Å²) in [6.07, 6.45) is 2.13. The van der Waals surface area contributed by atoms with Crippen molar-refractivity contribution in [3.63, 3.8) is 0 Å². The molecule has 1 aliphatic rings. The minimum Gasteiger partial charge on any atom is -0.444 e. The number of nitrogens with one attached hydrogen (secondary N) is 2. The number of carbonyl (C=O) groups excluding carboxylic acids is 1. The minimum atomic E-state index is -0.416. The molecule has 0 spiro atoms. The molecule has 100 valence electrons. The van der Waals surface area contributed by atoms with Crippen molar-refractivity contribution in [1.82, 2.24) is 10.6 Å². The Labute approximate surface area is 104 Å². The maximum absolute atomic E-state index is 11.5. The molecule has 4 nitrogen and oxygen atoms in total. The molecule has 1 rings (SSSR count). The number of hydrogen-bond acceptors (Lipinski definition) is 3. The van der Waals surface area contributed by atoms with Crippen molar-refractivity contribution in [2.24, 2.45) is 11.8 Å². The summed E-state index contributed by atoms with van der Waals surface area (Å²) in [5.74, 6) is 1.23. The van der Waals surface area contributed by atoms with Gasteiger partial charge in [-0.1, -0.05) is 13.3 Å². The number of ether oxygens (including phenoxy) is 1. The topological polar surface area (TPSA) is 50.4 Å². The van der Waals surface area contributed by atoms with Gasteiger partial charge in [0.2, 0.25) is 0 Å². The van der Waals surface area contributed by atoms with Gasteiger partial charge in [-0.25, -0.2) is 4.79 Å². The lowest BCUT2D eigenvalue weighted by Crippen LogP contribution is -2.37. The first-order valence-corrected chi connectivity index (χ1v) is 6.60.